The van der Waals surface area contributed by atoms with E-state index in [1.807, 2.05) is 24.3 Å². The molecule has 0 saturated carbocycles. The minimum atomic E-state index is -0.167. The highest BCUT2D eigenvalue weighted by molar-refractivity contribution is 5.90. The van der Waals surface area contributed by atoms with E-state index in [0.717, 1.165) is 24.3 Å². The molecule has 1 saturated heterocycles. The third-order valence-corrected chi connectivity index (χ3v) is 4.70. The van der Waals surface area contributed by atoms with Crippen LogP contribution in [0.4, 0.5) is 5.95 Å². The van der Waals surface area contributed by atoms with Gasteiger partial charge in [-0.1, -0.05) is 19.9 Å². The smallest absolute Gasteiger partial charge is 0.262 e. The second kappa shape index (κ2) is 6.27. The number of hydrogen-bond donors (Lipinski definition) is 1. The van der Waals surface area contributed by atoms with Gasteiger partial charge in [-0.2, -0.15) is 4.98 Å². The van der Waals surface area contributed by atoms with Crippen molar-refractivity contribution in [1.82, 2.24) is 19.9 Å². The minimum absolute atomic E-state index is 0.167. The van der Waals surface area contributed by atoms with Crippen LogP contribution in [-0.4, -0.2) is 33.0 Å². The van der Waals surface area contributed by atoms with Gasteiger partial charge in [0, 0.05) is 31.0 Å². The van der Waals surface area contributed by atoms with Crippen molar-refractivity contribution in [3.8, 4) is 11.3 Å². The van der Waals surface area contributed by atoms with E-state index in [1.165, 1.54) is 6.42 Å². The van der Waals surface area contributed by atoms with Gasteiger partial charge in [-0.3, -0.25) is 14.8 Å². The van der Waals surface area contributed by atoms with Gasteiger partial charge in [-0.05, 0) is 36.5 Å². The van der Waals surface area contributed by atoms with Gasteiger partial charge in [0.05, 0.1) is 11.1 Å². The van der Waals surface area contributed by atoms with Crippen molar-refractivity contribution < 1.29 is 0 Å². The number of aromatic nitrogens is 4. The SMILES string of the molecule is CC1CC(C)CN(c2nc3nccc(-c4ccccn4)c3c(=O)[nH]2)C1. The summed E-state index contributed by atoms with van der Waals surface area (Å²) in [5.74, 6) is 1.77. The van der Waals surface area contributed by atoms with Crippen molar-refractivity contribution in [2.75, 3.05) is 18.0 Å². The molecule has 0 amide bonds. The maximum absolute atomic E-state index is 12.8. The van der Waals surface area contributed by atoms with Crippen molar-refractivity contribution >= 4 is 17.0 Å². The van der Waals surface area contributed by atoms with Crippen LogP contribution in [-0.2, 0) is 0 Å². The Labute approximate surface area is 146 Å². The summed E-state index contributed by atoms with van der Waals surface area (Å²) < 4.78 is 0. The van der Waals surface area contributed by atoms with E-state index < -0.39 is 0 Å². The van der Waals surface area contributed by atoms with Gasteiger partial charge in [0.25, 0.3) is 5.56 Å². The van der Waals surface area contributed by atoms with Crippen LogP contribution in [0, 0.1) is 11.8 Å². The summed E-state index contributed by atoms with van der Waals surface area (Å²) in [6, 6.07) is 7.45. The van der Waals surface area contributed by atoms with Crippen LogP contribution < -0.4 is 10.5 Å². The van der Waals surface area contributed by atoms with Gasteiger partial charge in [0.1, 0.15) is 0 Å². The van der Waals surface area contributed by atoms with Gasteiger partial charge in [-0.25, -0.2) is 4.98 Å². The fourth-order valence-electron chi connectivity index (χ4n) is 3.77. The monoisotopic (exact) mass is 335 g/mol. The van der Waals surface area contributed by atoms with Crippen LogP contribution in [0.3, 0.4) is 0 Å². The molecule has 3 aromatic heterocycles. The van der Waals surface area contributed by atoms with Crippen molar-refractivity contribution in [2.24, 2.45) is 11.8 Å². The first-order valence-corrected chi connectivity index (χ1v) is 8.67. The molecular formula is C19H21N5O. The molecule has 0 spiro atoms. The van der Waals surface area contributed by atoms with Crippen molar-refractivity contribution in [3.63, 3.8) is 0 Å². The third-order valence-electron chi connectivity index (χ3n) is 4.70. The Balaban J connectivity index is 1.83. The first-order valence-electron chi connectivity index (χ1n) is 8.67. The van der Waals surface area contributed by atoms with E-state index in [-0.39, 0.29) is 5.56 Å². The number of nitrogens with one attached hydrogen (secondary N) is 1. The van der Waals surface area contributed by atoms with E-state index in [9.17, 15) is 4.79 Å². The van der Waals surface area contributed by atoms with Gasteiger partial charge in [0.2, 0.25) is 5.95 Å². The Kier molecular flexibility index (Phi) is 3.95. The van der Waals surface area contributed by atoms with Crippen molar-refractivity contribution in [2.45, 2.75) is 20.3 Å². The lowest BCUT2D eigenvalue weighted by Gasteiger charge is -2.35. The van der Waals surface area contributed by atoms with Gasteiger partial charge >= 0.3 is 0 Å². The molecule has 1 aliphatic rings. The Bertz CT molecular complexity index is 943. The summed E-state index contributed by atoms with van der Waals surface area (Å²) in [7, 11) is 0. The lowest BCUT2D eigenvalue weighted by molar-refractivity contribution is 0.353. The standard InChI is InChI=1S/C19H21N5O/c1-12-9-13(2)11-24(10-12)19-22-17-16(18(25)23-19)14(6-8-21-17)15-5-3-4-7-20-15/h3-8,12-13H,9-11H2,1-2H3,(H,21,22,23,25). The summed E-state index contributed by atoms with van der Waals surface area (Å²) in [6.45, 7) is 6.27. The van der Waals surface area contributed by atoms with E-state index in [0.29, 0.717) is 28.8 Å². The van der Waals surface area contributed by atoms with Crippen molar-refractivity contribution in [3.05, 3.63) is 47.0 Å². The Morgan fingerprint density at radius 1 is 1.08 bits per heavy atom. The fraction of sp³-hybridized carbons (Fsp3) is 0.368. The number of H-pyrrole nitrogens is 1. The van der Waals surface area contributed by atoms with Gasteiger partial charge < -0.3 is 4.90 Å². The molecule has 3 aromatic rings. The predicted octanol–water partition coefficient (Wildman–Crippen LogP) is 2.86. The fourth-order valence-corrected chi connectivity index (χ4v) is 3.77. The van der Waals surface area contributed by atoms with Gasteiger partial charge in [0.15, 0.2) is 5.65 Å². The molecule has 0 bridgehead atoms. The molecule has 25 heavy (non-hydrogen) atoms. The zero-order valence-corrected chi connectivity index (χ0v) is 14.4. The zero-order valence-electron chi connectivity index (χ0n) is 14.4. The predicted molar refractivity (Wildman–Crippen MR) is 98.5 cm³/mol. The summed E-state index contributed by atoms with van der Waals surface area (Å²) in [4.78, 5) is 31.3. The van der Waals surface area contributed by atoms with E-state index in [2.05, 4.69) is 38.7 Å². The quantitative estimate of drug-likeness (QED) is 0.779. The first-order chi connectivity index (χ1) is 12.1. The van der Waals surface area contributed by atoms with Crippen molar-refractivity contribution in [1.29, 1.82) is 0 Å². The molecule has 0 radical (unpaired) electrons. The molecule has 6 heteroatoms. The molecule has 1 N–H and O–H groups in total. The Morgan fingerprint density at radius 3 is 2.60 bits per heavy atom. The lowest BCUT2D eigenvalue weighted by atomic mass is 9.92. The largest absolute Gasteiger partial charge is 0.342 e. The molecule has 0 aliphatic carbocycles. The van der Waals surface area contributed by atoms with E-state index in [4.69, 9.17) is 0 Å². The minimum Gasteiger partial charge on any atom is -0.342 e. The first kappa shape index (κ1) is 15.7. The molecule has 4 rings (SSSR count). The maximum Gasteiger partial charge on any atom is 0.262 e. The summed E-state index contributed by atoms with van der Waals surface area (Å²) in [6.07, 6.45) is 4.61. The number of pyridine rings is 2. The highest BCUT2D eigenvalue weighted by Gasteiger charge is 2.24. The maximum atomic E-state index is 12.8. The van der Waals surface area contributed by atoms with E-state index in [1.54, 1.807) is 12.4 Å². The van der Waals surface area contributed by atoms with E-state index >= 15 is 0 Å². The molecule has 1 aliphatic heterocycles. The van der Waals surface area contributed by atoms with Gasteiger partial charge in [-0.15, -0.1) is 0 Å². The van der Waals surface area contributed by atoms with Crippen LogP contribution in [0.15, 0.2) is 41.5 Å². The number of fused-ring (bicyclic) bond motifs is 1. The average Bonchev–Trinajstić information content (AvgIpc) is 2.61. The molecule has 6 nitrogen and oxygen atoms in total. The molecule has 2 atom stereocenters. The van der Waals surface area contributed by atoms with Crippen LogP contribution >= 0.6 is 0 Å². The average molecular weight is 335 g/mol. The number of anilines is 1. The third kappa shape index (κ3) is 2.99. The number of nitrogens with zero attached hydrogens (tertiary/aromatic N) is 4. The highest BCUT2D eigenvalue weighted by atomic mass is 16.1. The molecule has 2 unspecified atom stereocenters. The normalized spacial score (nSPS) is 20.8. The number of rotatable bonds is 2. The molecule has 128 valence electrons. The topological polar surface area (TPSA) is 74.8 Å². The molecular weight excluding hydrogens is 314 g/mol. The Morgan fingerprint density at radius 2 is 1.88 bits per heavy atom. The summed E-state index contributed by atoms with van der Waals surface area (Å²) >= 11 is 0. The number of piperidine rings is 1. The zero-order chi connectivity index (χ0) is 17.4. The highest BCUT2D eigenvalue weighted by Crippen LogP contribution is 2.26. The lowest BCUT2D eigenvalue weighted by Crippen LogP contribution is -2.40. The molecule has 1 fully saturated rings. The van der Waals surface area contributed by atoms with Crippen LogP contribution in [0.1, 0.15) is 20.3 Å². The summed E-state index contributed by atoms with van der Waals surface area (Å²) in [5.41, 5.74) is 1.80. The molecule has 0 aromatic carbocycles. The summed E-state index contributed by atoms with van der Waals surface area (Å²) in [5, 5.41) is 0.489. The second-order valence-electron chi connectivity index (χ2n) is 7.01. The Hall–Kier alpha value is -2.76. The van der Waals surface area contributed by atoms with Crippen LogP contribution in [0.5, 0.6) is 0 Å². The van der Waals surface area contributed by atoms with Crippen LogP contribution in [0.2, 0.25) is 0 Å². The number of hydrogen-bond acceptors (Lipinski definition) is 5. The van der Waals surface area contributed by atoms with Crippen LogP contribution in [0.25, 0.3) is 22.3 Å². The number of aromatic amines is 1. The molecule has 4 heterocycles. The second-order valence-corrected chi connectivity index (χ2v) is 7.01.